The minimum absolute atomic E-state index is 0.0295. The molecule has 2 aromatic rings. The predicted molar refractivity (Wildman–Crippen MR) is 104 cm³/mol. The maximum Gasteiger partial charge on any atom is 0.321 e. The number of amides is 1. The number of nitro groups is 1. The molecule has 0 heterocycles. The van der Waals surface area contributed by atoms with Gasteiger partial charge in [0.1, 0.15) is 6.54 Å². The number of esters is 1. The number of aryl methyl sites for hydroxylation is 1. The normalized spacial score (nSPS) is 11.1. The first-order valence-electron chi connectivity index (χ1n) is 8.32. The lowest BCUT2D eigenvalue weighted by Crippen LogP contribution is -2.34. The third-order valence-electron chi connectivity index (χ3n) is 3.79. The Hall–Kier alpha value is -3.31. The molecule has 29 heavy (non-hydrogen) atoms. The first-order chi connectivity index (χ1) is 13.6. The summed E-state index contributed by atoms with van der Waals surface area (Å²) in [4.78, 5) is 33.9. The molecule has 0 saturated carbocycles. The summed E-state index contributed by atoms with van der Waals surface area (Å²) in [5.41, 5.74) is 0.850. The van der Waals surface area contributed by atoms with Gasteiger partial charge in [0, 0.05) is 24.9 Å². The number of benzene rings is 2. The second-order valence-corrected chi connectivity index (χ2v) is 8.14. The van der Waals surface area contributed by atoms with Crippen molar-refractivity contribution >= 4 is 33.3 Å². The Bertz CT molecular complexity index is 1020. The molecular weight excluding hydrogens is 402 g/mol. The van der Waals surface area contributed by atoms with Crippen molar-refractivity contribution in [1.29, 1.82) is 0 Å². The minimum Gasteiger partial charge on any atom is -0.455 e. The highest BCUT2D eigenvalue weighted by molar-refractivity contribution is 7.89. The van der Waals surface area contributed by atoms with Crippen LogP contribution in [-0.4, -0.2) is 49.7 Å². The molecule has 0 aliphatic heterocycles. The Morgan fingerprint density at radius 2 is 1.83 bits per heavy atom. The monoisotopic (exact) mass is 421 g/mol. The number of carbonyl (C=O) groups excluding carboxylic acids is 2. The summed E-state index contributed by atoms with van der Waals surface area (Å²) in [6.45, 7) is 0.566. The Kier molecular flexibility index (Phi) is 7.02. The highest BCUT2D eigenvalue weighted by atomic mass is 32.2. The van der Waals surface area contributed by atoms with Crippen LogP contribution in [0.15, 0.2) is 53.4 Å². The molecule has 0 fully saturated rings. The summed E-state index contributed by atoms with van der Waals surface area (Å²) in [5, 5.41) is 13.1. The third-order valence-corrected chi connectivity index (χ3v) is 5.60. The molecule has 2 aromatic carbocycles. The zero-order valence-electron chi connectivity index (χ0n) is 15.7. The predicted octanol–water partition coefficient (Wildman–Crippen LogP) is 1.71. The van der Waals surface area contributed by atoms with E-state index in [0.29, 0.717) is 0 Å². The van der Waals surface area contributed by atoms with Crippen molar-refractivity contribution in [3.8, 4) is 0 Å². The SMILES string of the molecule is Cc1ccc(S(=O)(=O)N(C)CC(=O)OCC(=O)Nc2cccc([N+](=O)[O-])c2)cc1. The molecule has 154 valence electrons. The van der Waals surface area contributed by atoms with E-state index >= 15 is 0 Å². The fraction of sp³-hybridized carbons (Fsp3) is 0.222. The van der Waals surface area contributed by atoms with Crippen LogP contribution < -0.4 is 5.32 Å². The van der Waals surface area contributed by atoms with Crippen LogP contribution in [0.1, 0.15) is 5.56 Å². The van der Waals surface area contributed by atoms with Gasteiger partial charge in [-0.05, 0) is 25.1 Å². The Morgan fingerprint density at radius 1 is 1.17 bits per heavy atom. The highest BCUT2D eigenvalue weighted by Gasteiger charge is 2.23. The van der Waals surface area contributed by atoms with Crippen molar-refractivity contribution < 1.29 is 27.7 Å². The number of nitrogens with zero attached hydrogens (tertiary/aromatic N) is 2. The van der Waals surface area contributed by atoms with Gasteiger partial charge >= 0.3 is 5.97 Å². The average molecular weight is 421 g/mol. The zero-order chi connectivity index (χ0) is 21.6. The maximum absolute atomic E-state index is 12.4. The fourth-order valence-electron chi connectivity index (χ4n) is 2.24. The Balaban J connectivity index is 1.88. The minimum atomic E-state index is -3.88. The van der Waals surface area contributed by atoms with Gasteiger partial charge in [-0.1, -0.05) is 23.8 Å². The number of rotatable bonds is 8. The lowest BCUT2D eigenvalue weighted by atomic mass is 10.2. The number of likely N-dealkylation sites (N-methyl/N-ethyl adjacent to an activating group) is 1. The second kappa shape index (κ2) is 9.26. The molecule has 0 bridgehead atoms. The molecular formula is C18H19N3O7S. The van der Waals surface area contributed by atoms with E-state index in [2.05, 4.69) is 5.32 Å². The van der Waals surface area contributed by atoms with Gasteiger partial charge in [0.05, 0.1) is 9.82 Å². The fourth-order valence-corrected chi connectivity index (χ4v) is 3.36. The first-order valence-corrected chi connectivity index (χ1v) is 9.76. The number of hydrogen-bond donors (Lipinski definition) is 1. The molecule has 0 aliphatic rings. The molecule has 0 aliphatic carbocycles. The molecule has 0 spiro atoms. The van der Waals surface area contributed by atoms with Gasteiger partial charge in [0.2, 0.25) is 10.0 Å². The van der Waals surface area contributed by atoms with E-state index in [9.17, 15) is 28.1 Å². The number of anilines is 1. The summed E-state index contributed by atoms with van der Waals surface area (Å²) < 4.78 is 30.5. The lowest BCUT2D eigenvalue weighted by Gasteiger charge is -2.16. The van der Waals surface area contributed by atoms with Crippen LogP contribution in [0.4, 0.5) is 11.4 Å². The number of hydrogen-bond acceptors (Lipinski definition) is 7. The van der Waals surface area contributed by atoms with E-state index in [1.807, 2.05) is 6.92 Å². The summed E-state index contributed by atoms with van der Waals surface area (Å²) in [6.07, 6.45) is 0. The molecule has 10 nitrogen and oxygen atoms in total. The molecule has 1 N–H and O–H groups in total. The molecule has 0 aromatic heterocycles. The quantitative estimate of drug-likeness (QED) is 0.389. The van der Waals surface area contributed by atoms with Gasteiger partial charge in [-0.2, -0.15) is 4.31 Å². The summed E-state index contributed by atoms with van der Waals surface area (Å²) >= 11 is 0. The number of nitro benzene ring substituents is 1. The van der Waals surface area contributed by atoms with Crippen LogP contribution in [0.25, 0.3) is 0 Å². The third kappa shape index (κ3) is 6.09. The molecule has 11 heteroatoms. The van der Waals surface area contributed by atoms with Gasteiger partial charge in [-0.15, -0.1) is 0 Å². The van der Waals surface area contributed by atoms with Gasteiger partial charge in [0.25, 0.3) is 11.6 Å². The van der Waals surface area contributed by atoms with E-state index in [0.717, 1.165) is 15.9 Å². The van der Waals surface area contributed by atoms with Crippen molar-refractivity contribution in [3.63, 3.8) is 0 Å². The molecule has 1 amide bonds. The smallest absolute Gasteiger partial charge is 0.321 e. The van der Waals surface area contributed by atoms with Gasteiger partial charge < -0.3 is 10.1 Å². The average Bonchev–Trinajstić information content (AvgIpc) is 2.67. The number of nitrogens with one attached hydrogen (secondary N) is 1. The van der Waals surface area contributed by atoms with E-state index in [-0.39, 0.29) is 16.3 Å². The van der Waals surface area contributed by atoms with Crippen LogP contribution in [0.2, 0.25) is 0 Å². The Morgan fingerprint density at radius 3 is 2.45 bits per heavy atom. The van der Waals surface area contributed by atoms with E-state index in [4.69, 9.17) is 4.74 Å². The van der Waals surface area contributed by atoms with Crippen molar-refractivity contribution in [3.05, 3.63) is 64.2 Å². The summed E-state index contributed by atoms with van der Waals surface area (Å²) in [6, 6.07) is 11.4. The number of carbonyl (C=O) groups is 2. The first kappa shape index (κ1) is 22.0. The summed E-state index contributed by atoms with van der Waals surface area (Å²) in [7, 11) is -2.66. The number of non-ortho nitro benzene ring substituents is 1. The molecule has 0 atom stereocenters. The van der Waals surface area contributed by atoms with Crippen molar-refractivity contribution in [2.45, 2.75) is 11.8 Å². The van der Waals surface area contributed by atoms with Crippen LogP contribution >= 0.6 is 0 Å². The largest absolute Gasteiger partial charge is 0.455 e. The van der Waals surface area contributed by atoms with Crippen LogP contribution in [0.5, 0.6) is 0 Å². The van der Waals surface area contributed by atoms with Crippen molar-refractivity contribution in [2.75, 3.05) is 25.5 Å². The van der Waals surface area contributed by atoms with Gasteiger partial charge in [0.15, 0.2) is 6.61 Å². The van der Waals surface area contributed by atoms with Gasteiger partial charge in [-0.25, -0.2) is 8.42 Å². The van der Waals surface area contributed by atoms with E-state index in [1.54, 1.807) is 12.1 Å². The molecule has 2 rings (SSSR count). The standard InChI is InChI=1S/C18H19N3O7S/c1-13-6-8-16(9-7-13)29(26,27)20(2)11-18(23)28-12-17(22)19-14-4-3-5-15(10-14)21(24)25/h3-10H,11-12H2,1-2H3,(H,19,22). The topological polar surface area (TPSA) is 136 Å². The van der Waals surface area contributed by atoms with E-state index < -0.39 is 40.0 Å². The molecule has 0 radical (unpaired) electrons. The molecule has 0 unspecified atom stereocenters. The van der Waals surface area contributed by atoms with Crippen LogP contribution in [0, 0.1) is 17.0 Å². The van der Waals surface area contributed by atoms with E-state index in [1.165, 1.54) is 37.4 Å². The zero-order valence-corrected chi connectivity index (χ0v) is 16.5. The second-order valence-electron chi connectivity index (χ2n) is 6.09. The number of ether oxygens (including phenoxy) is 1. The van der Waals surface area contributed by atoms with Crippen molar-refractivity contribution in [1.82, 2.24) is 4.31 Å². The summed E-state index contributed by atoms with van der Waals surface area (Å²) in [5.74, 6) is -1.64. The Labute approximate surface area is 167 Å². The van der Waals surface area contributed by atoms with Crippen molar-refractivity contribution in [2.24, 2.45) is 0 Å². The lowest BCUT2D eigenvalue weighted by molar-refractivity contribution is -0.384. The van der Waals surface area contributed by atoms with Gasteiger partial charge in [-0.3, -0.25) is 19.7 Å². The van der Waals surface area contributed by atoms with Crippen LogP contribution in [-0.2, 0) is 24.3 Å². The van der Waals surface area contributed by atoms with Crippen LogP contribution in [0.3, 0.4) is 0 Å². The molecule has 0 saturated heterocycles. The highest BCUT2D eigenvalue weighted by Crippen LogP contribution is 2.17. The number of sulfonamides is 1. The maximum atomic E-state index is 12.4.